The Morgan fingerprint density at radius 2 is 1.79 bits per heavy atom. The van der Waals surface area contributed by atoms with E-state index in [9.17, 15) is 18.8 Å². The van der Waals surface area contributed by atoms with Crippen LogP contribution in [0.3, 0.4) is 0 Å². The predicted molar refractivity (Wildman–Crippen MR) is 107 cm³/mol. The molecule has 1 fully saturated rings. The summed E-state index contributed by atoms with van der Waals surface area (Å²) in [4.78, 5) is 39.9. The first-order valence-electron chi connectivity index (χ1n) is 9.52. The summed E-state index contributed by atoms with van der Waals surface area (Å²) in [6.07, 6.45) is 0.0931. The van der Waals surface area contributed by atoms with Crippen LogP contribution in [-0.4, -0.2) is 35.7 Å². The lowest BCUT2D eigenvalue weighted by atomic mass is 10.1. The van der Waals surface area contributed by atoms with Crippen molar-refractivity contribution in [3.05, 3.63) is 65.5 Å². The van der Waals surface area contributed by atoms with Gasteiger partial charge in [0.2, 0.25) is 17.7 Å². The maximum Gasteiger partial charge on any atom is 0.232 e. The summed E-state index contributed by atoms with van der Waals surface area (Å²) in [5.41, 5.74) is 7.85. The molecule has 1 aliphatic heterocycles. The summed E-state index contributed by atoms with van der Waals surface area (Å²) in [7, 11) is 0. The van der Waals surface area contributed by atoms with E-state index in [0.29, 0.717) is 18.8 Å². The monoisotopic (exact) mass is 397 g/mol. The SMILES string of the molecule is Cc1ccc(CN2CC(C(=O)N(CCC(N)=O)c3ccc(F)cc3)CC2=O)cc1. The van der Waals surface area contributed by atoms with Crippen molar-refractivity contribution in [1.29, 1.82) is 0 Å². The number of hydrogen-bond acceptors (Lipinski definition) is 3. The highest BCUT2D eigenvalue weighted by molar-refractivity contribution is 5.99. The quantitative estimate of drug-likeness (QED) is 0.779. The van der Waals surface area contributed by atoms with E-state index >= 15 is 0 Å². The van der Waals surface area contributed by atoms with Gasteiger partial charge in [-0.1, -0.05) is 29.8 Å². The minimum Gasteiger partial charge on any atom is -0.370 e. The lowest BCUT2D eigenvalue weighted by Crippen LogP contribution is -2.39. The van der Waals surface area contributed by atoms with E-state index < -0.39 is 17.6 Å². The first kappa shape index (κ1) is 20.5. The van der Waals surface area contributed by atoms with Crippen LogP contribution < -0.4 is 10.6 Å². The molecule has 1 saturated heterocycles. The fourth-order valence-electron chi connectivity index (χ4n) is 3.43. The van der Waals surface area contributed by atoms with Gasteiger partial charge in [0.05, 0.1) is 5.92 Å². The lowest BCUT2D eigenvalue weighted by molar-refractivity contribution is -0.129. The average Bonchev–Trinajstić information content (AvgIpc) is 3.05. The Hall–Kier alpha value is -3.22. The van der Waals surface area contributed by atoms with Crippen LogP contribution in [0.15, 0.2) is 48.5 Å². The van der Waals surface area contributed by atoms with E-state index in [1.54, 1.807) is 4.90 Å². The van der Waals surface area contributed by atoms with Gasteiger partial charge in [0.15, 0.2) is 0 Å². The number of benzene rings is 2. The Labute approximate surface area is 169 Å². The maximum absolute atomic E-state index is 13.3. The molecular weight excluding hydrogens is 373 g/mol. The normalized spacial score (nSPS) is 16.1. The number of carbonyl (C=O) groups is 3. The van der Waals surface area contributed by atoms with E-state index in [2.05, 4.69) is 0 Å². The Kier molecular flexibility index (Phi) is 6.26. The third-order valence-electron chi connectivity index (χ3n) is 5.04. The Morgan fingerprint density at radius 3 is 2.41 bits per heavy atom. The molecule has 3 rings (SSSR count). The number of amides is 3. The van der Waals surface area contributed by atoms with E-state index in [0.717, 1.165) is 11.1 Å². The molecule has 1 aliphatic rings. The lowest BCUT2D eigenvalue weighted by Gasteiger charge is -2.25. The number of rotatable bonds is 7. The predicted octanol–water partition coefficient (Wildman–Crippen LogP) is 2.39. The molecule has 0 aliphatic carbocycles. The second-order valence-corrected chi connectivity index (χ2v) is 7.34. The summed E-state index contributed by atoms with van der Waals surface area (Å²) in [6.45, 7) is 2.83. The highest BCUT2D eigenvalue weighted by atomic mass is 19.1. The first-order chi connectivity index (χ1) is 13.8. The Balaban J connectivity index is 1.73. The van der Waals surface area contributed by atoms with Crippen molar-refractivity contribution >= 4 is 23.4 Å². The largest absolute Gasteiger partial charge is 0.370 e. The van der Waals surface area contributed by atoms with Gasteiger partial charge in [-0.15, -0.1) is 0 Å². The Bertz CT molecular complexity index is 897. The van der Waals surface area contributed by atoms with Crippen LogP contribution in [0, 0.1) is 18.7 Å². The number of anilines is 1. The van der Waals surface area contributed by atoms with Gasteiger partial charge in [0.25, 0.3) is 0 Å². The molecule has 0 radical (unpaired) electrons. The molecule has 2 aromatic carbocycles. The summed E-state index contributed by atoms with van der Waals surface area (Å²) in [6, 6.07) is 13.4. The maximum atomic E-state index is 13.3. The second-order valence-electron chi connectivity index (χ2n) is 7.34. The molecule has 1 atom stereocenters. The number of primary amides is 1. The van der Waals surface area contributed by atoms with Gasteiger partial charge < -0.3 is 15.5 Å². The molecule has 152 valence electrons. The van der Waals surface area contributed by atoms with Crippen molar-refractivity contribution in [2.45, 2.75) is 26.3 Å². The molecule has 0 spiro atoms. The highest BCUT2D eigenvalue weighted by Crippen LogP contribution is 2.25. The van der Waals surface area contributed by atoms with Gasteiger partial charge in [0, 0.05) is 38.2 Å². The number of nitrogens with two attached hydrogens (primary N) is 1. The van der Waals surface area contributed by atoms with Gasteiger partial charge in [-0.05, 0) is 36.8 Å². The second kappa shape index (κ2) is 8.86. The molecule has 0 saturated carbocycles. The van der Waals surface area contributed by atoms with E-state index in [1.165, 1.54) is 29.2 Å². The third kappa shape index (κ3) is 5.19. The number of likely N-dealkylation sites (tertiary alicyclic amines) is 1. The summed E-state index contributed by atoms with van der Waals surface area (Å²) < 4.78 is 13.3. The van der Waals surface area contributed by atoms with Crippen LogP contribution in [-0.2, 0) is 20.9 Å². The van der Waals surface area contributed by atoms with Gasteiger partial charge in [0.1, 0.15) is 5.82 Å². The van der Waals surface area contributed by atoms with Crippen molar-refractivity contribution in [2.24, 2.45) is 11.7 Å². The van der Waals surface area contributed by atoms with E-state index in [1.807, 2.05) is 31.2 Å². The molecule has 1 unspecified atom stereocenters. The van der Waals surface area contributed by atoms with Crippen molar-refractivity contribution in [3.8, 4) is 0 Å². The van der Waals surface area contributed by atoms with Crippen molar-refractivity contribution in [1.82, 2.24) is 4.90 Å². The molecule has 29 heavy (non-hydrogen) atoms. The number of carbonyl (C=O) groups excluding carboxylic acids is 3. The molecule has 7 heteroatoms. The summed E-state index contributed by atoms with van der Waals surface area (Å²) in [5, 5.41) is 0. The minimum absolute atomic E-state index is 0.0170. The Morgan fingerprint density at radius 1 is 1.14 bits per heavy atom. The first-order valence-corrected chi connectivity index (χ1v) is 9.52. The number of nitrogens with zero attached hydrogens (tertiary/aromatic N) is 2. The zero-order valence-corrected chi connectivity index (χ0v) is 16.3. The van der Waals surface area contributed by atoms with Crippen LogP contribution in [0.4, 0.5) is 10.1 Å². The molecule has 3 amide bonds. The average molecular weight is 397 g/mol. The van der Waals surface area contributed by atoms with Crippen LogP contribution in [0.5, 0.6) is 0 Å². The molecule has 6 nitrogen and oxygen atoms in total. The fourth-order valence-corrected chi connectivity index (χ4v) is 3.43. The van der Waals surface area contributed by atoms with Crippen LogP contribution >= 0.6 is 0 Å². The number of halogens is 1. The van der Waals surface area contributed by atoms with E-state index in [4.69, 9.17) is 5.73 Å². The summed E-state index contributed by atoms with van der Waals surface area (Å²) in [5.74, 6) is -1.83. The minimum atomic E-state index is -0.534. The standard InChI is InChI=1S/C22H24FN3O3/c1-15-2-4-16(5-3-15)13-25-14-17(12-21(25)28)22(29)26(11-10-20(24)27)19-8-6-18(23)7-9-19/h2-9,17H,10-14H2,1H3,(H2,24,27). The van der Waals surface area contributed by atoms with Gasteiger partial charge in [-0.25, -0.2) is 4.39 Å². The van der Waals surface area contributed by atoms with Crippen LogP contribution in [0.1, 0.15) is 24.0 Å². The van der Waals surface area contributed by atoms with Gasteiger partial charge in [-0.3, -0.25) is 14.4 Å². The molecular formula is C22H24FN3O3. The number of hydrogen-bond donors (Lipinski definition) is 1. The third-order valence-corrected chi connectivity index (χ3v) is 5.04. The van der Waals surface area contributed by atoms with Crippen molar-refractivity contribution < 1.29 is 18.8 Å². The zero-order chi connectivity index (χ0) is 21.0. The molecule has 1 heterocycles. The van der Waals surface area contributed by atoms with E-state index in [-0.39, 0.29) is 31.2 Å². The van der Waals surface area contributed by atoms with Crippen molar-refractivity contribution in [3.63, 3.8) is 0 Å². The molecule has 0 aromatic heterocycles. The number of aryl methyl sites for hydroxylation is 1. The van der Waals surface area contributed by atoms with Gasteiger partial charge >= 0.3 is 0 Å². The fraction of sp³-hybridized carbons (Fsp3) is 0.318. The van der Waals surface area contributed by atoms with Crippen molar-refractivity contribution in [2.75, 3.05) is 18.0 Å². The summed E-state index contributed by atoms with van der Waals surface area (Å²) >= 11 is 0. The highest BCUT2D eigenvalue weighted by Gasteiger charge is 2.37. The topological polar surface area (TPSA) is 83.7 Å². The molecule has 0 bridgehead atoms. The van der Waals surface area contributed by atoms with Crippen LogP contribution in [0.25, 0.3) is 0 Å². The molecule has 2 N–H and O–H groups in total. The molecule has 2 aromatic rings. The smallest absolute Gasteiger partial charge is 0.232 e. The van der Waals surface area contributed by atoms with Crippen LogP contribution in [0.2, 0.25) is 0 Å². The zero-order valence-electron chi connectivity index (χ0n) is 16.3. The van der Waals surface area contributed by atoms with Gasteiger partial charge in [-0.2, -0.15) is 0 Å².